The third kappa shape index (κ3) is 5.89. The summed E-state index contributed by atoms with van der Waals surface area (Å²) < 4.78 is 0. The average molecular weight is 414 g/mol. The fraction of sp³-hybridized carbons (Fsp3) is 0.583. The zero-order chi connectivity index (χ0) is 20.8. The van der Waals surface area contributed by atoms with Crippen LogP contribution in [0.25, 0.3) is 10.6 Å². The van der Waals surface area contributed by atoms with Crippen LogP contribution in [0.1, 0.15) is 65.5 Å². The van der Waals surface area contributed by atoms with E-state index in [-0.39, 0.29) is 5.91 Å². The lowest BCUT2D eigenvalue weighted by Gasteiger charge is -2.28. The van der Waals surface area contributed by atoms with E-state index in [1.54, 1.807) is 11.3 Å². The van der Waals surface area contributed by atoms with E-state index in [1.165, 1.54) is 43.5 Å². The lowest BCUT2D eigenvalue weighted by molar-refractivity contribution is 0.0750. The molecule has 0 N–H and O–H groups in total. The molecular formula is C24H35N3OS. The van der Waals surface area contributed by atoms with Gasteiger partial charge in [-0.25, -0.2) is 4.98 Å². The summed E-state index contributed by atoms with van der Waals surface area (Å²) >= 11 is 1.54. The van der Waals surface area contributed by atoms with Gasteiger partial charge in [0.15, 0.2) is 0 Å². The molecule has 29 heavy (non-hydrogen) atoms. The highest BCUT2D eigenvalue weighted by Gasteiger charge is 2.22. The van der Waals surface area contributed by atoms with Crippen molar-refractivity contribution in [1.82, 2.24) is 14.8 Å². The van der Waals surface area contributed by atoms with Crippen molar-refractivity contribution < 1.29 is 4.79 Å². The van der Waals surface area contributed by atoms with Crippen molar-refractivity contribution in [3.8, 4) is 10.6 Å². The molecule has 0 aliphatic carbocycles. The first kappa shape index (κ1) is 22.0. The maximum atomic E-state index is 13.3. The number of nitrogens with zero attached hydrogens (tertiary/aromatic N) is 3. The third-order valence-electron chi connectivity index (χ3n) is 5.59. The van der Waals surface area contributed by atoms with Crippen LogP contribution in [0, 0.1) is 20.8 Å². The van der Waals surface area contributed by atoms with Gasteiger partial charge in [0.05, 0.1) is 5.69 Å². The number of carbonyl (C=O) groups is 1. The molecule has 4 nitrogen and oxygen atoms in total. The van der Waals surface area contributed by atoms with E-state index in [0.717, 1.165) is 53.6 Å². The van der Waals surface area contributed by atoms with Gasteiger partial charge in [0, 0.05) is 18.7 Å². The molecule has 1 aromatic heterocycles. The molecule has 0 radical (unpaired) electrons. The van der Waals surface area contributed by atoms with Crippen LogP contribution < -0.4 is 0 Å². The van der Waals surface area contributed by atoms with Gasteiger partial charge in [-0.3, -0.25) is 4.79 Å². The minimum absolute atomic E-state index is 0.149. The summed E-state index contributed by atoms with van der Waals surface area (Å²) in [6.07, 6.45) is 6.03. The Morgan fingerprint density at radius 2 is 1.76 bits per heavy atom. The number of benzene rings is 1. The van der Waals surface area contributed by atoms with Gasteiger partial charge in [0.1, 0.15) is 9.88 Å². The van der Waals surface area contributed by atoms with Gasteiger partial charge in [-0.05, 0) is 78.2 Å². The van der Waals surface area contributed by atoms with Gasteiger partial charge < -0.3 is 9.80 Å². The number of rotatable bonds is 8. The SMILES string of the molecule is CCCN(CCCN1CCCCC1)C(=O)c1sc(-c2cc(C)cc(C)c2)nc1C. The third-order valence-corrected chi connectivity index (χ3v) is 6.79. The first-order chi connectivity index (χ1) is 14.0. The van der Waals surface area contributed by atoms with Crippen LogP contribution in [0.2, 0.25) is 0 Å². The molecule has 0 spiro atoms. The molecule has 2 aromatic rings. The van der Waals surface area contributed by atoms with E-state index in [9.17, 15) is 4.79 Å². The predicted molar refractivity (Wildman–Crippen MR) is 123 cm³/mol. The van der Waals surface area contributed by atoms with Gasteiger partial charge in [-0.2, -0.15) is 0 Å². The molecule has 158 valence electrons. The van der Waals surface area contributed by atoms with Gasteiger partial charge in [-0.1, -0.05) is 30.5 Å². The van der Waals surface area contributed by atoms with Crippen molar-refractivity contribution in [3.05, 3.63) is 39.9 Å². The topological polar surface area (TPSA) is 36.4 Å². The molecule has 0 atom stereocenters. The Labute approximate surface area is 179 Å². The van der Waals surface area contributed by atoms with Crippen molar-refractivity contribution in [3.63, 3.8) is 0 Å². The largest absolute Gasteiger partial charge is 0.338 e. The number of piperidine rings is 1. The van der Waals surface area contributed by atoms with Crippen LogP contribution in [0.5, 0.6) is 0 Å². The minimum Gasteiger partial charge on any atom is -0.338 e. The molecule has 0 saturated carbocycles. The summed E-state index contributed by atoms with van der Waals surface area (Å²) in [6.45, 7) is 13.5. The van der Waals surface area contributed by atoms with Crippen LogP contribution >= 0.6 is 11.3 Å². The first-order valence-corrected chi connectivity index (χ1v) is 11.9. The molecule has 5 heteroatoms. The molecule has 2 heterocycles. The number of aryl methyl sites for hydroxylation is 3. The monoisotopic (exact) mass is 413 g/mol. The first-order valence-electron chi connectivity index (χ1n) is 11.1. The van der Waals surface area contributed by atoms with Crippen LogP contribution in [-0.2, 0) is 0 Å². The van der Waals surface area contributed by atoms with Crippen molar-refractivity contribution in [2.75, 3.05) is 32.7 Å². The van der Waals surface area contributed by atoms with Crippen molar-refractivity contribution >= 4 is 17.2 Å². The van der Waals surface area contributed by atoms with E-state index in [4.69, 9.17) is 4.98 Å². The van der Waals surface area contributed by atoms with Crippen LogP contribution in [0.4, 0.5) is 0 Å². The maximum absolute atomic E-state index is 13.3. The van der Waals surface area contributed by atoms with E-state index < -0.39 is 0 Å². The highest BCUT2D eigenvalue weighted by atomic mass is 32.1. The molecule has 1 amide bonds. The minimum atomic E-state index is 0.149. The molecule has 1 aliphatic heterocycles. The summed E-state index contributed by atoms with van der Waals surface area (Å²) in [5.41, 5.74) is 4.42. The van der Waals surface area contributed by atoms with Crippen LogP contribution in [-0.4, -0.2) is 53.4 Å². The van der Waals surface area contributed by atoms with Crippen LogP contribution in [0.3, 0.4) is 0 Å². The number of hydrogen-bond acceptors (Lipinski definition) is 4. The molecule has 1 aromatic carbocycles. The Morgan fingerprint density at radius 3 is 2.41 bits per heavy atom. The number of hydrogen-bond donors (Lipinski definition) is 0. The van der Waals surface area contributed by atoms with E-state index >= 15 is 0 Å². The molecule has 1 aliphatic rings. The quantitative estimate of drug-likeness (QED) is 0.576. The normalized spacial score (nSPS) is 14.9. The second-order valence-corrected chi connectivity index (χ2v) is 9.36. The fourth-order valence-corrected chi connectivity index (χ4v) is 5.23. The standard InChI is InChI=1S/C24H35N3OS/c1-5-10-27(14-9-13-26-11-7-6-8-12-26)24(28)22-20(4)25-23(29-22)21-16-18(2)15-19(3)17-21/h15-17H,5-14H2,1-4H3. The molecular weight excluding hydrogens is 378 g/mol. The van der Waals surface area contributed by atoms with E-state index in [1.807, 2.05) is 11.8 Å². The number of carbonyl (C=O) groups excluding carboxylic acids is 1. The number of likely N-dealkylation sites (tertiary alicyclic amines) is 1. The maximum Gasteiger partial charge on any atom is 0.265 e. The average Bonchev–Trinajstić information content (AvgIpc) is 3.08. The lowest BCUT2D eigenvalue weighted by Crippen LogP contribution is -2.36. The molecule has 1 saturated heterocycles. The number of amides is 1. The highest BCUT2D eigenvalue weighted by Crippen LogP contribution is 2.30. The second-order valence-electron chi connectivity index (χ2n) is 8.36. The molecule has 0 unspecified atom stereocenters. The fourth-order valence-electron chi connectivity index (χ4n) is 4.21. The van der Waals surface area contributed by atoms with Crippen molar-refractivity contribution in [2.24, 2.45) is 0 Å². The Morgan fingerprint density at radius 1 is 1.07 bits per heavy atom. The Balaban J connectivity index is 1.69. The Kier molecular flexibility index (Phi) is 7.84. The summed E-state index contributed by atoms with van der Waals surface area (Å²) in [5.74, 6) is 0.149. The van der Waals surface area contributed by atoms with Gasteiger partial charge in [-0.15, -0.1) is 11.3 Å². The van der Waals surface area contributed by atoms with E-state index in [2.05, 4.69) is 43.9 Å². The number of thiazole rings is 1. The molecule has 0 bridgehead atoms. The Hall–Kier alpha value is -1.72. The Bertz CT molecular complexity index is 803. The smallest absolute Gasteiger partial charge is 0.265 e. The zero-order valence-corrected chi connectivity index (χ0v) is 19.3. The predicted octanol–water partition coefficient (Wildman–Crippen LogP) is 5.46. The zero-order valence-electron chi connectivity index (χ0n) is 18.5. The highest BCUT2D eigenvalue weighted by molar-refractivity contribution is 7.17. The lowest BCUT2D eigenvalue weighted by atomic mass is 10.1. The summed E-state index contributed by atoms with van der Waals surface area (Å²) in [7, 11) is 0. The van der Waals surface area contributed by atoms with Crippen molar-refractivity contribution in [1.29, 1.82) is 0 Å². The molecule has 1 fully saturated rings. The summed E-state index contributed by atoms with van der Waals surface area (Å²) in [4.78, 5) is 23.4. The summed E-state index contributed by atoms with van der Waals surface area (Å²) in [6, 6.07) is 6.48. The van der Waals surface area contributed by atoms with Gasteiger partial charge in [0.25, 0.3) is 5.91 Å². The van der Waals surface area contributed by atoms with Crippen LogP contribution in [0.15, 0.2) is 18.2 Å². The van der Waals surface area contributed by atoms with Gasteiger partial charge >= 0.3 is 0 Å². The number of aromatic nitrogens is 1. The summed E-state index contributed by atoms with van der Waals surface area (Å²) in [5, 5.41) is 0.947. The molecule has 3 rings (SSSR count). The van der Waals surface area contributed by atoms with Gasteiger partial charge in [0.2, 0.25) is 0 Å². The van der Waals surface area contributed by atoms with E-state index in [0.29, 0.717) is 0 Å². The second kappa shape index (κ2) is 10.4. The van der Waals surface area contributed by atoms with Crippen molar-refractivity contribution in [2.45, 2.75) is 59.8 Å².